The average Bonchev–Trinajstić information content (AvgIpc) is 2.87. The molecule has 1 aromatic heterocycles. The van der Waals surface area contributed by atoms with Gasteiger partial charge in [-0.05, 0) is 69.5 Å². The highest BCUT2D eigenvalue weighted by molar-refractivity contribution is 5.94. The third kappa shape index (κ3) is 5.33. The fourth-order valence-corrected chi connectivity index (χ4v) is 4.46. The quantitative estimate of drug-likeness (QED) is 0.547. The number of hydrogen-bond acceptors (Lipinski definition) is 5. The normalized spacial score (nSPS) is 15.8. The first-order valence-corrected chi connectivity index (χ1v) is 11.9. The molecule has 172 valence electrons. The van der Waals surface area contributed by atoms with E-state index >= 15 is 0 Å². The molecule has 0 bridgehead atoms. The number of piperidine rings is 1. The SMILES string of the molecule is CCN(CC)c1ccc(NC(=O)C2CCCN(c3ccc(-c4ccccc4)nn3)C2)c(C)c1. The second kappa shape index (κ2) is 10.5. The number of rotatable bonds is 7. The molecule has 1 fully saturated rings. The van der Waals surface area contributed by atoms with Crippen LogP contribution in [0.1, 0.15) is 32.3 Å². The Labute approximate surface area is 196 Å². The third-order valence-corrected chi connectivity index (χ3v) is 6.43. The second-order valence-electron chi connectivity index (χ2n) is 8.59. The minimum absolute atomic E-state index is 0.0730. The van der Waals surface area contributed by atoms with Crippen LogP contribution in [0.3, 0.4) is 0 Å². The van der Waals surface area contributed by atoms with Crippen molar-refractivity contribution in [2.75, 3.05) is 41.3 Å². The van der Waals surface area contributed by atoms with E-state index in [1.807, 2.05) is 48.5 Å². The van der Waals surface area contributed by atoms with Crippen molar-refractivity contribution in [2.45, 2.75) is 33.6 Å². The van der Waals surface area contributed by atoms with Gasteiger partial charge in [0, 0.05) is 43.1 Å². The highest BCUT2D eigenvalue weighted by atomic mass is 16.1. The molecular formula is C27H33N5O. The van der Waals surface area contributed by atoms with Gasteiger partial charge in [0.05, 0.1) is 11.6 Å². The van der Waals surface area contributed by atoms with Crippen molar-refractivity contribution in [3.8, 4) is 11.3 Å². The lowest BCUT2D eigenvalue weighted by Gasteiger charge is -2.32. The van der Waals surface area contributed by atoms with Crippen molar-refractivity contribution in [2.24, 2.45) is 5.92 Å². The molecule has 6 nitrogen and oxygen atoms in total. The zero-order valence-corrected chi connectivity index (χ0v) is 19.8. The minimum atomic E-state index is -0.0730. The Morgan fingerprint density at radius 3 is 2.52 bits per heavy atom. The van der Waals surface area contributed by atoms with Crippen LogP contribution in [0.2, 0.25) is 0 Å². The van der Waals surface area contributed by atoms with Gasteiger partial charge in [0.1, 0.15) is 0 Å². The zero-order chi connectivity index (χ0) is 23.2. The lowest BCUT2D eigenvalue weighted by atomic mass is 9.96. The predicted molar refractivity (Wildman–Crippen MR) is 136 cm³/mol. The molecule has 1 atom stereocenters. The molecule has 1 amide bonds. The van der Waals surface area contributed by atoms with Gasteiger partial charge in [-0.1, -0.05) is 30.3 Å². The largest absolute Gasteiger partial charge is 0.372 e. The molecule has 2 aromatic carbocycles. The lowest BCUT2D eigenvalue weighted by Crippen LogP contribution is -2.41. The molecule has 4 rings (SSSR count). The summed E-state index contributed by atoms with van der Waals surface area (Å²) in [6, 6.07) is 20.3. The molecule has 1 N–H and O–H groups in total. The number of amides is 1. The summed E-state index contributed by atoms with van der Waals surface area (Å²) >= 11 is 0. The maximum atomic E-state index is 13.1. The number of hydrogen-bond donors (Lipinski definition) is 1. The summed E-state index contributed by atoms with van der Waals surface area (Å²) in [6.07, 6.45) is 1.84. The maximum absolute atomic E-state index is 13.1. The summed E-state index contributed by atoms with van der Waals surface area (Å²) in [7, 11) is 0. The van der Waals surface area contributed by atoms with E-state index in [4.69, 9.17) is 0 Å². The van der Waals surface area contributed by atoms with Gasteiger partial charge in [0.25, 0.3) is 0 Å². The van der Waals surface area contributed by atoms with E-state index < -0.39 is 0 Å². The Hall–Kier alpha value is -3.41. The molecule has 0 spiro atoms. The number of nitrogens with zero attached hydrogens (tertiary/aromatic N) is 4. The summed E-state index contributed by atoms with van der Waals surface area (Å²) < 4.78 is 0. The Bertz CT molecular complexity index is 1060. The van der Waals surface area contributed by atoms with Crippen LogP contribution in [-0.4, -0.2) is 42.3 Å². The summed E-state index contributed by atoms with van der Waals surface area (Å²) in [6.45, 7) is 9.84. The number of aromatic nitrogens is 2. The van der Waals surface area contributed by atoms with Crippen molar-refractivity contribution in [1.29, 1.82) is 0 Å². The van der Waals surface area contributed by atoms with Crippen molar-refractivity contribution in [3.63, 3.8) is 0 Å². The van der Waals surface area contributed by atoms with Crippen LogP contribution in [0, 0.1) is 12.8 Å². The van der Waals surface area contributed by atoms with Gasteiger partial charge in [-0.15, -0.1) is 10.2 Å². The number of carbonyl (C=O) groups excluding carboxylic acids is 1. The highest BCUT2D eigenvalue weighted by Gasteiger charge is 2.27. The zero-order valence-electron chi connectivity index (χ0n) is 19.8. The summed E-state index contributed by atoms with van der Waals surface area (Å²) in [5, 5.41) is 12.0. The lowest BCUT2D eigenvalue weighted by molar-refractivity contribution is -0.120. The number of anilines is 3. The van der Waals surface area contributed by atoms with Gasteiger partial charge in [-0.2, -0.15) is 0 Å². The maximum Gasteiger partial charge on any atom is 0.229 e. The summed E-state index contributed by atoms with van der Waals surface area (Å²) in [5.74, 6) is 0.829. The molecule has 2 heterocycles. The van der Waals surface area contributed by atoms with E-state index in [-0.39, 0.29) is 11.8 Å². The predicted octanol–water partition coefficient (Wildman–Crippen LogP) is 5.15. The van der Waals surface area contributed by atoms with Crippen LogP contribution >= 0.6 is 0 Å². The van der Waals surface area contributed by atoms with Gasteiger partial charge < -0.3 is 15.1 Å². The van der Waals surface area contributed by atoms with Crippen molar-refractivity contribution < 1.29 is 4.79 Å². The number of benzene rings is 2. The molecule has 1 aliphatic heterocycles. The molecule has 33 heavy (non-hydrogen) atoms. The molecule has 0 saturated carbocycles. The van der Waals surface area contributed by atoms with Gasteiger partial charge in [0.15, 0.2) is 5.82 Å². The van der Waals surface area contributed by atoms with E-state index in [1.54, 1.807) is 0 Å². The van der Waals surface area contributed by atoms with Crippen LogP contribution in [-0.2, 0) is 4.79 Å². The van der Waals surface area contributed by atoms with Crippen LogP contribution in [0.5, 0.6) is 0 Å². The molecule has 1 saturated heterocycles. The molecule has 0 aliphatic carbocycles. The molecule has 6 heteroatoms. The van der Waals surface area contributed by atoms with Crippen LogP contribution in [0.25, 0.3) is 11.3 Å². The number of aryl methyl sites for hydroxylation is 1. The van der Waals surface area contributed by atoms with Crippen molar-refractivity contribution >= 4 is 23.1 Å². The van der Waals surface area contributed by atoms with Gasteiger partial charge in [0.2, 0.25) is 5.91 Å². The van der Waals surface area contributed by atoms with E-state index in [1.165, 1.54) is 5.69 Å². The molecule has 3 aromatic rings. The number of nitrogens with one attached hydrogen (secondary N) is 1. The van der Waals surface area contributed by atoms with Gasteiger partial charge in [-0.25, -0.2) is 0 Å². The Morgan fingerprint density at radius 1 is 1.06 bits per heavy atom. The summed E-state index contributed by atoms with van der Waals surface area (Å²) in [5.41, 5.74) is 5.07. The van der Waals surface area contributed by atoms with E-state index in [0.717, 1.165) is 60.8 Å². The Balaban J connectivity index is 1.41. The fraction of sp³-hybridized carbons (Fsp3) is 0.370. The van der Waals surface area contributed by atoms with E-state index in [2.05, 4.69) is 58.2 Å². The molecule has 1 unspecified atom stereocenters. The van der Waals surface area contributed by atoms with Crippen molar-refractivity contribution in [1.82, 2.24) is 10.2 Å². The summed E-state index contributed by atoms with van der Waals surface area (Å²) in [4.78, 5) is 17.6. The van der Waals surface area contributed by atoms with E-state index in [0.29, 0.717) is 6.54 Å². The first-order valence-electron chi connectivity index (χ1n) is 11.9. The first-order chi connectivity index (χ1) is 16.1. The number of carbonyl (C=O) groups is 1. The molecule has 0 radical (unpaired) electrons. The molecule has 1 aliphatic rings. The monoisotopic (exact) mass is 443 g/mol. The molecular weight excluding hydrogens is 410 g/mol. The van der Waals surface area contributed by atoms with Crippen LogP contribution < -0.4 is 15.1 Å². The smallest absolute Gasteiger partial charge is 0.229 e. The fourth-order valence-electron chi connectivity index (χ4n) is 4.46. The average molecular weight is 444 g/mol. The van der Waals surface area contributed by atoms with E-state index in [9.17, 15) is 4.79 Å². The third-order valence-electron chi connectivity index (χ3n) is 6.43. The standard InChI is InChI=1S/C27H33N5O/c1-4-31(5-2)23-13-14-24(20(3)18-23)28-27(33)22-12-9-17-32(19-22)26-16-15-25(29-30-26)21-10-7-6-8-11-21/h6-8,10-11,13-16,18,22H,4-5,9,12,17,19H2,1-3H3,(H,28,33). The van der Waals surface area contributed by atoms with Gasteiger partial charge in [-0.3, -0.25) is 4.79 Å². The minimum Gasteiger partial charge on any atom is -0.372 e. The highest BCUT2D eigenvalue weighted by Crippen LogP contribution is 2.26. The second-order valence-corrected chi connectivity index (χ2v) is 8.59. The van der Waals surface area contributed by atoms with Crippen molar-refractivity contribution in [3.05, 3.63) is 66.2 Å². The van der Waals surface area contributed by atoms with Crippen LogP contribution in [0.15, 0.2) is 60.7 Å². The topological polar surface area (TPSA) is 61.4 Å². The van der Waals surface area contributed by atoms with Crippen LogP contribution in [0.4, 0.5) is 17.2 Å². The Kier molecular flexibility index (Phi) is 7.23. The first kappa shape index (κ1) is 22.8. The van der Waals surface area contributed by atoms with Gasteiger partial charge >= 0.3 is 0 Å². The Morgan fingerprint density at radius 2 is 1.85 bits per heavy atom.